The lowest BCUT2D eigenvalue weighted by Gasteiger charge is -2.22. The summed E-state index contributed by atoms with van der Waals surface area (Å²) < 4.78 is 0. The molecule has 0 saturated carbocycles. The van der Waals surface area contributed by atoms with E-state index in [1.165, 1.54) is 43.5 Å². The maximum atomic E-state index is 3.97. The van der Waals surface area contributed by atoms with Gasteiger partial charge in [-0.05, 0) is 49.4 Å². The molecule has 1 aliphatic heterocycles. The molecule has 0 atom stereocenters. The average Bonchev–Trinajstić information content (AvgIpc) is 2.95. The molecule has 1 fully saturated rings. The number of hydrogen-bond donors (Lipinski definition) is 2. The molecule has 1 aromatic heterocycles. The number of benzene rings is 1. The summed E-state index contributed by atoms with van der Waals surface area (Å²) in [5.41, 5.74) is 2.67. The van der Waals surface area contributed by atoms with E-state index < -0.39 is 0 Å². The molecule has 2 N–H and O–H groups in total. The molecule has 0 amide bonds. The highest BCUT2D eigenvalue weighted by Crippen LogP contribution is 2.18. The molecule has 5 nitrogen and oxygen atoms in total. The highest BCUT2D eigenvalue weighted by atomic mass is 15.5. The molecule has 2 heterocycles. The number of H-pyrrole nitrogens is 1. The summed E-state index contributed by atoms with van der Waals surface area (Å²) in [6.45, 7) is 2.33. The third-order valence-corrected chi connectivity index (χ3v) is 3.76. The zero-order valence-corrected chi connectivity index (χ0v) is 11.0. The maximum absolute atomic E-state index is 3.97. The molecule has 19 heavy (non-hydrogen) atoms. The third kappa shape index (κ3) is 3.38. The van der Waals surface area contributed by atoms with Gasteiger partial charge in [0.25, 0.3) is 0 Å². The largest absolute Gasteiger partial charge is 0.317 e. The highest BCUT2D eigenvalue weighted by molar-refractivity contribution is 5.25. The fraction of sp³-hybridized carbons (Fsp3) is 0.500. The van der Waals surface area contributed by atoms with Crippen molar-refractivity contribution < 1.29 is 0 Å². The molecule has 0 radical (unpaired) electrons. The zero-order chi connectivity index (χ0) is 12.9. The Kier molecular flexibility index (Phi) is 3.83. The number of nitrogens with one attached hydrogen (secondary N) is 2. The van der Waals surface area contributed by atoms with Crippen molar-refractivity contribution in [3.8, 4) is 0 Å². The second kappa shape index (κ2) is 5.93. The summed E-state index contributed by atoms with van der Waals surface area (Å²) in [4.78, 5) is 0. The lowest BCUT2D eigenvalue weighted by Crippen LogP contribution is -2.28. The van der Waals surface area contributed by atoms with Crippen LogP contribution in [0.25, 0.3) is 0 Å². The van der Waals surface area contributed by atoms with Crippen molar-refractivity contribution in [1.82, 2.24) is 25.9 Å². The second-order valence-electron chi connectivity index (χ2n) is 5.22. The smallest absolute Gasteiger partial charge is 0.178 e. The predicted octanol–water partition coefficient (Wildman–Crippen LogP) is 1.33. The van der Waals surface area contributed by atoms with Crippen LogP contribution in [0.4, 0.5) is 0 Å². The minimum absolute atomic E-state index is 0.740. The molecule has 1 aliphatic rings. The summed E-state index contributed by atoms with van der Waals surface area (Å²) >= 11 is 0. The van der Waals surface area contributed by atoms with Gasteiger partial charge in [-0.15, -0.1) is 10.2 Å². The molecular weight excluding hydrogens is 238 g/mol. The first kappa shape index (κ1) is 12.3. The van der Waals surface area contributed by atoms with Crippen molar-refractivity contribution in [3.05, 3.63) is 41.2 Å². The summed E-state index contributed by atoms with van der Waals surface area (Å²) in [6.07, 6.45) is 4.53. The molecule has 2 aromatic rings. The fourth-order valence-corrected chi connectivity index (χ4v) is 2.65. The van der Waals surface area contributed by atoms with E-state index >= 15 is 0 Å². The number of piperidine rings is 1. The van der Waals surface area contributed by atoms with Gasteiger partial charge in [-0.2, -0.15) is 5.21 Å². The fourth-order valence-electron chi connectivity index (χ4n) is 2.65. The van der Waals surface area contributed by atoms with Gasteiger partial charge in [0.15, 0.2) is 5.82 Å². The van der Waals surface area contributed by atoms with E-state index in [2.05, 4.69) is 50.2 Å². The van der Waals surface area contributed by atoms with Crippen molar-refractivity contribution in [2.75, 3.05) is 13.1 Å². The first-order chi connectivity index (χ1) is 9.40. The van der Waals surface area contributed by atoms with Crippen LogP contribution in [0.15, 0.2) is 24.3 Å². The second-order valence-corrected chi connectivity index (χ2v) is 5.22. The van der Waals surface area contributed by atoms with Crippen molar-refractivity contribution in [2.45, 2.75) is 25.7 Å². The predicted molar refractivity (Wildman–Crippen MR) is 72.7 cm³/mol. The third-order valence-electron chi connectivity index (χ3n) is 3.76. The molecule has 0 aliphatic carbocycles. The van der Waals surface area contributed by atoms with Gasteiger partial charge in [0.2, 0.25) is 0 Å². The van der Waals surface area contributed by atoms with Crippen LogP contribution in [0.2, 0.25) is 0 Å². The van der Waals surface area contributed by atoms with E-state index in [0.29, 0.717) is 0 Å². The Labute approximate surface area is 112 Å². The molecule has 3 rings (SSSR count). The number of aromatic nitrogens is 4. The van der Waals surface area contributed by atoms with Crippen LogP contribution in [0.3, 0.4) is 0 Å². The zero-order valence-electron chi connectivity index (χ0n) is 11.0. The number of rotatable bonds is 4. The van der Waals surface area contributed by atoms with Crippen LogP contribution in [0.5, 0.6) is 0 Å². The number of nitrogens with zero attached hydrogens (tertiary/aromatic N) is 3. The van der Waals surface area contributed by atoms with Crippen LogP contribution >= 0.6 is 0 Å². The van der Waals surface area contributed by atoms with Crippen LogP contribution in [-0.2, 0) is 12.8 Å². The van der Waals surface area contributed by atoms with E-state index in [9.17, 15) is 0 Å². The van der Waals surface area contributed by atoms with Crippen molar-refractivity contribution in [3.63, 3.8) is 0 Å². The van der Waals surface area contributed by atoms with Gasteiger partial charge in [-0.3, -0.25) is 0 Å². The first-order valence-corrected chi connectivity index (χ1v) is 6.91. The Morgan fingerprint density at radius 1 is 1.05 bits per heavy atom. The molecular formula is C14H19N5. The van der Waals surface area contributed by atoms with E-state index in [0.717, 1.165) is 18.2 Å². The normalized spacial score (nSPS) is 16.6. The summed E-state index contributed by atoms with van der Waals surface area (Å²) in [6, 6.07) is 8.81. The number of tetrazole rings is 1. The molecule has 5 heteroatoms. The first-order valence-electron chi connectivity index (χ1n) is 6.91. The highest BCUT2D eigenvalue weighted by Gasteiger charge is 2.13. The Bertz CT molecular complexity index is 485. The molecule has 0 unspecified atom stereocenters. The molecule has 0 spiro atoms. The average molecular weight is 257 g/mol. The van der Waals surface area contributed by atoms with Crippen LogP contribution < -0.4 is 5.32 Å². The standard InChI is InChI=1S/C14H19N5/c1-3-12(10-14-16-18-19-17-14)4-2-11(1)9-13-5-7-15-8-6-13/h1-4,13,15H,5-10H2,(H,16,17,18,19). The van der Waals surface area contributed by atoms with E-state index in [1.54, 1.807) is 0 Å². The van der Waals surface area contributed by atoms with Gasteiger partial charge in [-0.25, -0.2) is 0 Å². The molecule has 0 bridgehead atoms. The van der Waals surface area contributed by atoms with Gasteiger partial charge in [0.05, 0.1) is 0 Å². The van der Waals surface area contributed by atoms with Crippen LogP contribution in [-0.4, -0.2) is 33.7 Å². The Balaban J connectivity index is 1.58. The van der Waals surface area contributed by atoms with E-state index in [4.69, 9.17) is 0 Å². The SMILES string of the molecule is c1cc(CC2CCNCC2)ccc1Cc1nn[nH]n1. The van der Waals surface area contributed by atoms with E-state index in [-0.39, 0.29) is 0 Å². The molecule has 100 valence electrons. The lowest BCUT2D eigenvalue weighted by molar-refractivity contribution is 0.372. The van der Waals surface area contributed by atoms with Crippen molar-refractivity contribution >= 4 is 0 Å². The Hall–Kier alpha value is -1.75. The monoisotopic (exact) mass is 257 g/mol. The molecule has 1 aromatic carbocycles. The van der Waals surface area contributed by atoms with Crippen molar-refractivity contribution in [2.24, 2.45) is 5.92 Å². The lowest BCUT2D eigenvalue weighted by atomic mass is 9.90. The van der Waals surface area contributed by atoms with Gasteiger partial charge >= 0.3 is 0 Å². The Morgan fingerprint density at radius 2 is 1.79 bits per heavy atom. The molecule has 1 saturated heterocycles. The van der Waals surface area contributed by atoms with Gasteiger partial charge < -0.3 is 5.32 Å². The quantitative estimate of drug-likeness (QED) is 0.867. The van der Waals surface area contributed by atoms with Crippen LogP contribution in [0, 0.1) is 5.92 Å². The number of hydrogen-bond acceptors (Lipinski definition) is 4. The summed E-state index contributed by atoms with van der Waals surface area (Å²) in [5.74, 6) is 1.58. The van der Waals surface area contributed by atoms with Gasteiger partial charge in [0.1, 0.15) is 0 Å². The topological polar surface area (TPSA) is 66.5 Å². The van der Waals surface area contributed by atoms with Crippen LogP contribution in [0.1, 0.15) is 29.8 Å². The summed E-state index contributed by atoms with van der Waals surface area (Å²) in [7, 11) is 0. The van der Waals surface area contributed by atoms with Gasteiger partial charge in [0, 0.05) is 6.42 Å². The number of aromatic amines is 1. The summed E-state index contributed by atoms with van der Waals surface area (Å²) in [5, 5.41) is 17.4. The minimum Gasteiger partial charge on any atom is -0.317 e. The minimum atomic E-state index is 0.740. The van der Waals surface area contributed by atoms with Gasteiger partial charge in [-0.1, -0.05) is 29.5 Å². The van der Waals surface area contributed by atoms with Crippen molar-refractivity contribution in [1.29, 1.82) is 0 Å². The maximum Gasteiger partial charge on any atom is 0.178 e. The Morgan fingerprint density at radius 3 is 2.47 bits per heavy atom. The van der Waals surface area contributed by atoms with E-state index in [1.807, 2.05) is 0 Å².